The second-order valence-corrected chi connectivity index (χ2v) is 2.76. The van der Waals surface area contributed by atoms with E-state index < -0.39 is 0 Å². The Balaban J connectivity index is 2.53. The molecule has 0 aliphatic carbocycles. The summed E-state index contributed by atoms with van der Waals surface area (Å²) in [5.41, 5.74) is 8.07. The lowest BCUT2D eigenvalue weighted by atomic mass is 10.2. The number of aryl methyl sites for hydroxylation is 1. The van der Waals surface area contributed by atoms with Crippen LogP contribution in [0.2, 0.25) is 0 Å². The van der Waals surface area contributed by atoms with Crippen molar-refractivity contribution in [1.82, 2.24) is 9.97 Å². The van der Waals surface area contributed by atoms with Crippen molar-refractivity contribution in [1.29, 1.82) is 0 Å². The van der Waals surface area contributed by atoms with Crippen LogP contribution < -0.4 is 5.73 Å². The normalized spacial score (nSPS) is 10.2. The van der Waals surface area contributed by atoms with Crippen LogP contribution in [0.1, 0.15) is 5.69 Å². The maximum Gasteiger partial charge on any atom is 0.220 e. The zero-order chi connectivity index (χ0) is 9.26. The Labute approximate surface area is 75.4 Å². The molecule has 0 radical (unpaired) electrons. The third-order valence-corrected chi connectivity index (χ3v) is 1.69. The number of nitrogen functional groups attached to an aromatic ring is 1. The Morgan fingerprint density at radius 2 is 2.23 bits per heavy atom. The molecule has 2 aromatic rings. The lowest BCUT2D eigenvalue weighted by molar-refractivity contribution is 0.568. The molecule has 2 rings (SSSR count). The van der Waals surface area contributed by atoms with Crippen molar-refractivity contribution >= 4 is 5.95 Å². The Bertz CT molecular complexity index is 389. The van der Waals surface area contributed by atoms with Crippen LogP contribution in [-0.2, 0) is 0 Å². The van der Waals surface area contributed by atoms with Crippen molar-refractivity contribution in [3.05, 3.63) is 30.4 Å². The predicted molar refractivity (Wildman–Crippen MR) is 48.9 cm³/mol. The van der Waals surface area contributed by atoms with Crippen molar-refractivity contribution in [3.8, 4) is 11.3 Å². The molecule has 0 aliphatic heterocycles. The second-order valence-electron chi connectivity index (χ2n) is 2.76. The minimum atomic E-state index is 0.288. The van der Waals surface area contributed by atoms with E-state index in [9.17, 15) is 0 Å². The molecule has 0 saturated heterocycles. The largest absolute Gasteiger partial charge is 0.472 e. The first-order valence-corrected chi connectivity index (χ1v) is 3.89. The van der Waals surface area contributed by atoms with Gasteiger partial charge in [-0.05, 0) is 19.1 Å². The van der Waals surface area contributed by atoms with Crippen molar-refractivity contribution in [2.24, 2.45) is 0 Å². The minimum Gasteiger partial charge on any atom is -0.472 e. The van der Waals surface area contributed by atoms with Gasteiger partial charge in [-0.3, -0.25) is 0 Å². The smallest absolute Gasteiger partial charge is 0.220 e. The Morgan fingerprint density at radius 1 is 1.38 bits per heavy atom. The fourth-order valence-corrected chi connectivity index (χ4v) is 1.15. The number of aromatic nitrogens is 2. The summed E-state index contributed by atoms with van der Waals surface area (Å²) in [6, 6.07) is 3.70. The van der Waals surface area contributed by atoms with E-state index in [2.05, 4.69) is 9.97 Å². The zero-order valence-corrected chi connectivity index (χ0v) is 7.19. The Kier molecular flexibility index (Phi) is 1.73. The van der Waals surface area contributed by atoms with Crippen LogP contribution in [0.25, 0.3) is 11.3 Å². The lowest BCUT2D eigenvalue weighted by Crippen LogP contribution is -1.97. The number of hydrogen-bond donors (Lipinski definition) is 1. The van der Waals surface area contributed by atoms with Gasteiger partial charge in [-0.15, -0.1) is 0 Å². The van der Waals surface area contributed by atoms with Gasteiger partial charge in [0, 0.05) is 11.3 Å². The van der Waals surface area contributed by atoms with Crippen LogP contribution in [0.4, 0.5) is 5.95 Å². The summed E-state index contributed by atoms with van der Waals surface area (Å²) in [6.45, 7) is 1.88. The molecule has 0 amide bonds. The molecule has 0 bridgehead atoms. The number of rotatable bonds is 1. The number of nitrogens with zero attached hydrogens (tertiary/aromatic N) is 2. The highest BCUT2D eigenvalue weighted by atomic mass is 16.3. The fourth-order valence-electron chi connectivity index (χ4n) is 1.15. The lowest BCUT2D eigenvalue weighted by Gasteiger charge is -1.99. The standard InChI is InChI=1S/C9H9N3O/c1-6-4-8(12-9(10)11-6)7-2-3-13-5-7/h2-5H,1H3,(H2,10,11,12). The molecule has 2 N–H and O–H groups in total. The molecular formula is C9H9N3O. The van der Waals surface area contributed by atoms with Crippen LogP contribution in [0.3, 0.4) is 0 Å². The van der Waals surface area contributed by atoms with E-state index in [0.29, 0.717) is 0 Å². The maximum atomic E-state index is 5.51. The van der Waals surface area contributed by atoms with Crippen molar-refractivity contribution < 1.29 is 4.42 Å². The van der Waals surface area contributed by atoms with Gasteiger partial charge in [-0.25, -0.2) is 9.97 Å². The summed E-state index contributed by atoms with van der Waals surface area (Å²) < 4.78 is 4.95. The summed E-state index contributed by atoms with van der Waals surface area (Å²) in [5, 5.41) is 0. The third-order valence-electron chi connectivity index (χ3n) is 1.69. The van der Waals surface area contributed by atoms with Gasteiger partial charge >= 0.3 is 0 Å². The first-order chi connectivity index (χ1) is 6.25. The first kappa shape index (κ1) is 7.79. The van der Waals surface area contributed by atoms with Crippen molar-refractivity contribution in [2.75, 3.05) is 5.73 Å². The second kappa shape index (κ2) is 2.90. The van der Waals surface area contributed by atoms with Gasteiger partial charge in [0.15, 0.2) is 0 Å². The number of furan rings is 1. The zero-order valence-electron chi connectivity index (χ0n) is 7.19. The third kappa shape index (κ3) is 1.51. The van der Waals surface area contributed by atoms with Crippen LogP contribution in [0.5, 0.6) is 0 Å². The average molecular weight is 175 g/mol. The Hall–Kier alpha value is -1.84. The molecular weight excluding hydrogens is 166 g/mol. The highest BCUT2D eigenvalue weighted by Crippen LogP contribution is 2.18. The molecule has 0 aliphatic rings. The highest BCUT2D eigenvalue weighted by molar-refractivity contribution is 5.58. The molecule has 0 fully saturated rings. The van der Waals surface area contributed by atoms with Crippen molar-refractivity contribution in [2.45, 2.75) is 6.92 Å². The van der Waals surface area contributed by atoms with E-state index in [1.807, 2.05) is 19.1 Å². The summed E-state index contributed by atoms with van der Waals surface area (Å²) in [5.74, 6) is 0.288. The molecule has 0 atom stereocenters. The molecule has 0 saturated carbocycles. The van der Waals surface area contributed by atoms with Gasteiger partial charge in [0.25, 0.3) is 0 Å². The van der Waals surface area contributed by atoms with E-state index in [4.69, 9.17) is 10.2 Å². The molecule has 0 aromatic carbocycles. The van der Waals surface area contributed by atoms with E-state index in [-0.39, 0.29) is 5.95 Å². The monoisotopic (exact) mass is 175 g/mol. The summed E-state index contributed by atoms with van der Waals surface area (Å²) in [4.78, 5) is 8.06. The molecule has 2 aromatic heterocycles. The molecule has 2 heterocycles. The number of nitrogens with two attached hydrogens (primary N) is 1. The quantitative estimate of drug-likeness (QED) is 0.715. The van der Waals surface area contributed by atoms with Gasteiger partial charge in [-0.1, -0.05) is 0 Å². The molecule has 13 heavy (non-hydrogen) atoms. The van der Waals surface area contributed by atoms with E-state index in [0.717, 1.165) is 17.0 Å². The molecule has 66 valence electrons. The predicted octanol–water partition coefficient (Wildman–Crippen LogP) is 1.63. The SMILES string of the molecule is Cc1cc(-c2ccoc2)nc(N)n1. The van der Waals surface area contributed by atoms with Gasteiger partial charge in [0.05, 0.1) is 18.2 Å². The van der Waals surface area contributed by atoms with Crippen molar-refractivity contribution in [3.63, 3.8) is 0 Å². The molecule has 0 spiro atoms. The number of hydrogen-bond acceptors (Lipinski definition) is 4. The Morgan fingerprint density at radius 3 is 2.85 bits per heavy atom. The highest BCUT2D eigenvalue weighted by Gasteiger charge is 2.02. The van der Waals surface area contributed by atoms with Gasteiger partial charge < -0.3 is 10.2 Å². The summed E-state index contributed by atoms with van der Waals surface area (Å²) >= 11 is 0. The van der Waals surface area contributed by atoms with Crippen LogP contribution in [-0.4, -0.2) is 9.97 Å². The van der Waals surface area contributed by atoms with Crippen LogP contribution in [0, 0.1) is 6.92 Å². The van der Waals surface area contributed by atoms with Gasteiger partial charge in [-0.2, -0.15) is 0 Å². The number of anilines is 1. The first-order valence-electron chi connectivity index (χ1n) is 3.89. The van der Waals surface area contributed by atoms with E-state index in [1.54, 1.807) is 12.5 Å². The van der Waals surface area contributed by atoms with Crippen LogP contribution in [0.15, 0.2) is 29.1 Å². The topological polar surface area (TPSA) is 64.9 Å². The fraction of sp³-hybridized carbons (Fsp3) is 0.111. The summed E-state index contributed by atoms with van der Waals surface area (Å²) in [7, 11) is 0. The average Bonchev–Trinajstić information content (AvgIpc) is 2.53. The minimum absolute atomic E-state index is 0.288. The molecule has 4 nitrogen and oxygen atoms in total. The maximum absolute atomic E-state index is 5.51. The molecule has 0 unspecified atom stereocenters. The summed E-state index contributed by atoms with van der Waals surface area (Å²) in [6.07, 6.45) is 3.23. The van der Waals surface area contributed by atoms with E-state index in [1.165, 1.54) is 0 Å². The van der Waals surface area contributed by atoms with Crippen LogP contribution >= 0.6 is 0 Å². The van der Waals surface area contributed by atoms with Gasteiger partial charge in [0.1, 0.15) is 0 Å². The van der Waals surface area contributed by atoms with E-state index >= 15 is 0 Å². The molecule has 4 heteroatoms. The van der Waals surface area contributed by atoms with Gasteiger partial charge in [0.2, 0.25) is 5.95 Å².